The molecule has 1 unspecified atom stereocenters. The van der Waals surface area contributed by atoms with Gasteiger partial charge in [0.15, 0.2) is 0 Å². The van der Waals surface area contributed by atoms with Gasteiger partial charge in [-0.2, -0.15) is 5.10 Å². The second-order valence-electron chi connectivity index (χ2n) is 6.59. The number of hydrogen-bond acceptors (Lipinski definition) is 5. The summed E-state index contributed by atoms with van der Waals surface area (Å²) in [7, 11) is 3.37. The maximum atomic E-state index is 13.0. The molecule has 0 aliphatic carbocycles. The number of benzene rings is 2. The van der Waals surface area contributed by atoms with E-state index in [0.717, 1.165) is 22.8 Å². The number of nitrogens with one attached hydrogen (secondary N) is 1. The smallest absolute Gasteiger partial charge is 0.320 e. The Morgan fingerprint density at radius 2 is 1.79 bits per heavy atom. The molecule has 2 aromatic carbocycles. The van der Waals surface area contributed by atoms with E-state index < -0.39 is 16.9 Å². The summed E-state index contributed by atoms with van der Waals surface area (Å²) in [4.78, 5) is 28.4. The van der Waals surface area contributed by atoms with Gasteiger partial charge < -0.3 is 9.88 Å². The highest BCUT2D eigenvalue weighted by Crippen LogP contribution is 2.26. The van der Waals surface area contributed by atoms with Crippen molar-refractivity contribution in [3.8, 4) is 0 Å². The van der Waals surface area contributed by atoms with Crippen LogP contribution in [-0.4, -0.2) is 30.2 Å². The van der Waals surface area contributed by atoms with Crippen molar-refractivity contribution in [2.75, 3.05) is 0 Å². The average Bonchev–Trinajstić information content (AvgIpc) is 3.27. The van der Waals surface area contributed by atoms with E-state index in [1.807, 2.05) is 66.2 Å². The Labute approximate surface area is 165 Å². The molecule has 0 saturated carbocycles. The number of nitro groups is 1. The van der Waals surface area contributed by atoms with E-state index in [1.165, 1.54) is 11.7 Å². The van der Waals surface area contributed by atoms with Gasteiger partial charge in [0.25, 0.3) is 5.91 Å². The minimum Gasteiger partial charge on any atom is -0.336 e. The van der Waals surface area contributed by atoms with E-state index in [1.54, 1.807) is 0 Å². The van der Waals surface area contributed by atoms with Crippen molar-refractivity contribution < 1.29 is 9.72 Å². The zero-order chi connectivity index (χ0) is 20.5. The molecule has 0 spiro atoms. The molecule has 4 rings (SSSR count). The molecule has 2 aromatic heterocycles. The minimum atomic E-state index is -0.617. The third-order valence-electron chi connectivity index (χ3n) is 4.82. The largest absolute Gasteiger partial charge is 0.336 e. The van der Waals surface area contributed by atoms with Crippen LogP contribution in [-0.2, 0) is 14.1 Å². The monoisotopic (exact) mass is 390 g/mol. The highest BCUT2D eigenvalue weighted by molar-refractivity contribution is 5.96. The Bertz CT molecular complexity index is 1210. The molecule has 2 heterocycles. The molecule has 0 saturated heterocycles. The lowest BCUT2D eigenvalue weighted by Crippen LogP contribution is -2.32. The quantitative estimate of drug-likeness (QED) is 0.416. The molecule has 0 aliphatic heterocycles. The Morgan fingerprint density at radius 3 is 2.48 bits per heavy atom. The first-order valence-corrected chi connectivity index (χ1v) is 8.91. The SMILES string of the molecule is Cn1ncc([N+](=O)[O-])c1C(=O)NC(c1ccccc1)c1nc2ccccc2n1C. The number of para-hydroxylation sites is 2. The van der Waals surface area contributed by atoms with Crippen molar-refractivity contribution in [3.63, 3.8) is 0 Å². The number of aromatic nitrogens is 4. The second kappa shape index (κ2) is 7.19. The summed E-state index contributed by atoms with van der Waals surface area (Å²) in [5.74, 6) is 0.0215. The number of imidazole rings is 1. The molecule has 0 aliphatic rings. The molecule has 1 amide bonds. The number of rotatable bonds is 5. The van der Waals surface area contributed by atoms with Crippen LogP contribution in [0.4, 0.5) is 5.69 Å². The van der Waals surface area contributed by atoms with Gasteiger partial charge in [-0.25, -0.2) is 4.98 Å². The first-order chi connectivity index (χ1) is 14.0. The second-order valence-corrected chi connectivity index (χ2v) is 6.59. The highest BCUT2D eigenvalue weighted by atomic mass is 16.6. The maximum Gasteiger partial charge on any atom is 0.320 e. The summed E-state index contributed by atoms with van der Waals surface area (Å²) < 4.78 is 3.11. The predicted octanol–water partition coefficient (Wildman–Crippen LogP) is 2.73. The van der Waals surface area contributed by atoms with E-state index in [0.29, 0.717) is 5.82 Å². The first-order valence-electron chi connectivity index (χ1n) is 8.91. The van der Waals surface area contributed by atoms with Crippen molar-refractivity contribution in [2.45, 2.75) is 6.04 Å². The fraction of sp³-hybridized carbons (Fsp3) is 0.150. The number of hydrogen-bond donors (Lipinski definition) is 1. The Morgan fingerprint density at radius 1 is 1.10 bits per heavy atom. The van der Waals surface area contributed by atoms with Crippen molar-refractivity contribution in [1.29, 1.82) is 0 Å². The van der Waals surface area contributed by atoms with Crippen LogP contribution in [0.25, 0.3) is 11.0 Å². The lowest BCUT2D eigenvalue weighted by atomic mass is 10.1. The molecule has 9 nitrogen and oxygen atoms in total. The maximum absolute atomic E-state index is 13.0. The van der Waals surface area contributed by atoms with Gasteiger partial charge in [0, 0.05) is 14.1 Å². The number of nitrogens with zero attached hydrogens (tertiary/aromatic N) is 5. The number of fused-ring (bicyclic) bond motifs is 1. The lowest BCUT2D eigenvalue weighted by molar-refractivity contribution is -0.385. The molecule has 146 valence electrons. The Kier molecular flexibility index (Phi) is 4.55. The van der Waals surface area contributed by atoms with Crippen LogP contribution in [0.15, 0.2) is 60.8 Å². The third-order valence-corrected chi connectivity index (χ3v) is 4.82. The van der Waals surface area contributed by atoms with Gasteiger partial charge >= 0.3 is 5.69 Å². The molecular weight excluding hydrogens is 372 g/mol. The van der Waals surface area contributed by atoms with Crippen LogP contribution < -0.4 is 5.32 Å². The number of carbonyl (C=O) groups excluding carboxylic acids is 1. The molecule has 1 atom stereocenters. The Hall–Kier alpha value is -4.01. The molecule has 0 fully saturated rings. The average molecular weight is 390 g/mol. The normalized spacial score (nSPS) is 12.1. The van der Waals surface area contributed by atoms with Crippen LogP contribution in [0, 0.1) is 10.1 Å². The lowest BCUT2D eigenvalue weighted by Gasteiger charge is -2.19. The minimum absolute atomic E-state index is 0.116. The van der Waals surface area contributed by atoms with Crippen LogP contribution in [0.5, 0.6) is 0 Å². The van der Waals surface area contributed by atoms with Gasteiger partial charge in [0.05, 0.1) is 16.0 Å². The van der Waals surface area contributed by atoms with Crippen molar-refractivity contribution in [1.82, 2.24) is 24.6 Å². The fourth-order valence-electron chi connectivity index (χ4n) is 3.39. The standard InChI is InChI=1S/C20H18N6O3/c1-24-15-11-7-6-10-14(15)22-19(24)17(13-8-4-3-5-9-13)23-20(27)18-16(26(28)29)12-21-25(18)2/h3-12,17H,1-2H3,(H,23,27). The van der Waals surface area contributed by atoms with Crippen LogP contribution >= 0.6 is 0 Å². The Balaban J connectivity index is 1.80. The fourth-order valence-corrected chi connectivity index (χ4v) is 3.39. The molecule has 0 bridgehead atoms. The summed E-state index contributed by atoms with van der Waals surface area (Å²) in [6.07, 6.45) is 1.07. The van der Waals surface area contributed by atoms with Crippen molar-refractivity contribution in [3.05, 3.63) is 88.0 Å². The first kappa shape index (κ1) is 18.4. The summed E-state index contributed by atoms with van der Waals surface area (Å²) >= 11 is 0. The van der Waals surface area contributed by atoms with Crippen LogP contribution in [0.2, 0.25) is 0 Å². The van der Waals surface area contributed by atoms with Crippen LogP contribution in [0.1, 0.15) is 27.9 Å². The summed E-state index contributed by atoms with van der Waals surface area (Å²) in [5.41, 5.74) is 2.07. The van der Waals surface area contributed by atoms with E-state index >= 15 is 0 Å². The summed E-state index contributed by atoms with van der Waals surface area (Å²) in [5, 5.41) is 18.1. The van der Waals surface area contributed by atoms with Gasteiger partial charge in [-0.1, -0.05) is 42.5 Å². The zero-order valence-corrected chi connectivity index (χ0v) is 15.8. The topological polar surface area (TPSA) is 108 Å². The van der Waals surface area contributed by atoms with E-state index in [-0.39, 0.29) is 11.4 Å². The molecule has 29 heavy (non-hydrogen) atoms. The van der Waals surface area contributed by atoms with E-state index in [2.05, 4.69) is 10.4 Å². The van der Waals surface area contributed by atoms with Crippen molar-refractivity contribution in [2.24, 2.45) is 14.1 Å². The molecule has 0 radical (unpaired) electrons. The molecule has 4 aromatic rings. The number of carbonyl (C=O) groups is 1. The predicted molar refractivity (Wildman–Crippen MR) is 106 cm³/mol. The van der Waals surface area contributed by atoms with Gasteiger partial charge in [-0.05, 0) is 17.7 Å². The van der Waals surface area contributed by atoms with Crippen LogP contribution in [0.3, 0.4) is 0 Å². The number of amides is 1. The molecular formula is C20H18N6O3. The summed E-state index contributed by atoms with van der Waals surface area (Å²) in [6, 6.07) is 16.4. The van der Waals surface area contributed by atoms with Gasteiger partial charge in [-0.15, -0.1) is 0 Å². The van der Waals surface area contributed by atoms with E-state index in [9.17, 15) is 14.9 Å². The third kappa shape index (κ3) is 3.22. The van der Waals surface area contributed by atoms with Gasteiger partial charge in [0.2, 0.25) is 5.69 Å². The van der Waals surface area contributed by atoms with Gasteiger partial charge in [0.1, 0.15) is 18.1 Å². The summed E-state index contributed by atoms with van der Waals surface area (Å²) in [6.45, 7) is 0. The molecule has 1 N–H and O–H groups in total. The highest BCUT2D eigenvalue weighted by Gasteiger charge is 2.29. The zero-order valence-electron chi connectivity index (χ0n) is 15.8. The van der Waals surface area contributed by atoms with E-state index in [4.69, 9.17) is 4.98 Å². The molecule has 9 heteroatoms. The van der Waals surface area contributed by atoms with Crippen molar-refractivity contribution >= 4 is 22.6 Å². The number of aryl methyl sites for hydroxylation is 2. The van der Waals surface area contributed by atoms with Gasteiger partial charge in [-0.3, -0.25) is 19.6 Å².